The lowest BCUT2D eigenvalue weighted by Crippen LogP contribution is -2.37. The summed E-state index contributed by atoms with van der Waals surface area (Å²) in [6.45, 7) is 2.97. The average molecular weight is 260 g/mol. The molecule has 98 valence electrons. The maximum Gasteiger partial charge on any atom is 0.221 e. The van der Waals surface area contributed by atoms with Gasteiger partial charge in [0.1, 0.15) is 0 Å². The van der Waals surface area contributed by atoms with Crippen LogP contribution in [0, 0.1) is 0 Å². The zero-order valence-electron chi connectivity index (χ0n) is 10.0. The highest BCUT2D eigenvalue weighted by molar-refractivity contribution is 7.91. The van der Waals surface area contributed by atoms with Gasteiger partial charge in [-0.2, -0.15) is 0 Å². The van der Waals surface area contributed by atoms with Gasteiger partial charge in [-0.3, -0.25) is 4.79 Å². The van der Waals surface area contributed by atoms with Crippen molar-refractivity contribution in [3.8, 4) is 0 Å². The second-order valence-electron chi connectivity index (χ2n) is 4.97. The summed E-state index contributed by atoms with van der Waals surface area (Å²) in [4.78, 5) is 13.9. The maximum absolute atomic E-state index is 11.6. The van der Waals surface area contributed by atoms with E-state index in [0.717, 1.165) is 19.6 Å². The second kappa shape index (κ2) is 5.35. The van der Waals surface area contributed by atoms with Crippen LogP contribution in [0.2, 0.25) is 0 Å². The molecule has 0 spiro atoms. The maximum atomic E-state index is 11.6. The fourth-order valence-electron chi connectivity index (χ4n) is 2.47. The summed E-state index contributed by atoms with van der Waals surface area (Å²) >= 11 is 0. The lowest BCUT2D eigenvalue weighted by molar-refractivity contribution is -0.121. The molecule has 0 aromatic heterocycles. The Morgan fingerprint density at radius 3 is 2.59 bits per heavy atom. The third kappa shape index (κ3) is 3.96. The SMILES string of the molecule is O=C(CCN1CCCC1)NC1CCS(=O)(=O)C1. The lowest BCUT2D eigenvalue weighted by atomic mass is 10.2. The smallest absolute Gasteiger partial charge is 0.221 e. The van der Waals surface area contributed by atoms with Crippen LogP contribution < -0.4 is 5.32 Å². The van der Waals surface area contributed by atoms with E-state index in [4.69, 9.17) is 0 Å². The van der Waals surface area contributed by atoms with Crippen LogP contribution in [0.25, 0.3) is 0 Å². The minimum Gasteiger partial charge on any atom is -0.352 e. The molecule has 1 atom stereocenters. The highest BCUT2D eigenvalue weighted by Crippen LogP contribution is 2.12. The molecule has 1 amide bonds. The Kier molecular flexibility index (Phi) is 4.04. The van der Waals surface area contributed by atoms with Crippen molar-refractivity contribution in [2.45, 2.75) is 31.7 Å². The van der Waals surface area contributed by atoms with E-state index in [-0.39, 0.29) is 23.5 Å². The van der Waals surface area contributed by atoms with Gasteiger partial charge in [-0.1, -0.05) is 0 Å². The van der Waals surface area contributed by atoms with Crippen LogP contribution in [0.15, 0.2) is 0 Å². The molecule has 0 aromatic carbocycles. The van der Waals surface area contributed by atoms with Crippen molar-refractivity contribution >= 4 is 15.7 Å². The summed E-state index contributed by atoms with van der Waals surface area (Å²) < 4.78 is 22.5. The van der Waals surface area contributed by atoms with Crippen LogP contribution in [0.5, 0.6) is 0 Å². The summed E-state index contributed by atoms with van der Waals surface area (Å²) in [7, 11) is -2.90. The third-order valence-corrected chi connectivity index (χ3v) is 5.22. The quantitative estimate of drug-likeness (QED) is 0.758. The molecule has 2 aliphatic heterocycles. The second-order valence-corrected chi connectivity index (χ2v) is 7.19. The highest BCUT2D eigenvalue weighted by Gasteiger charge is 2.28. The Labute approximate surface area is 102 Å². The van der Waals surface area contributed by atoms with Gasteiger partial charge in [0.25, 0.3) is 0 Å². The molecule has 1 unspecified atom stereocenters. The molecule has 2 heterocycles. The van der Waals surface area contributed by atoms with E-state index in [9.17, 15) is 13.2 Å². The van der Waals surface area contributed by atoms with Crippen molar-refractivity contribution in [1.82, 2.24) is 10.2 Å². The summed E-state index contributed by atoms with van der Waals surface area (Å²) in [6, 6.07) is -0.161. The summed E-state index contributed by atoms with van der Waals surface area (Å²) in [6.07, 6.45) is 3.50. The lowest BCUT2D eigenvalue weighted by Gasteiger charge is -2.15. The van der Waals surface area contributed by atoms with E-state index >= 15 is 0 Å². The van der Waals surface area contributed by atoms with Gasteiger partial charge in [-0.25, -0.2) is 8.42 Å². The molecular weight excluding hydrogens is 240 g/mol. The summed E-state index contributed by atoms with van der Waals surface area (Å²) in [5.74, 6) is 0.311. The van der Waals surface area contributed by atoms with E-state index in [1.54, 1.807) is 0 Å². The summed E-state index contributed by atoms with van der Waals surface area (Å²) in [5, 5.41) is 2.81. The van der Waals surface area contributed by atoms with Crippen molar-refractivity contribution in [1.29, 1.82) is 0 Å². The Morgan fingerprint density at radius 1 is 1.29 bits per heavy atom. The molecule has 6 heteroatoms. The average Bonchev–Trinajstić information content (AvgIpc) is 2.85. The number of hydrogen-bond donors (Lipinski definition) is 1. The van der Waals surface area contributed by atoms with Crippen LogP contribution >= 0.6 is 0 Å². The Balaban J connectivity index is 1.67. The molecule has 2 fully saturated rings. The number of likely N-dealkylation sites (tertiary alicyclic amines) is 1. The van der Waals surface area contributed by atoms with Gasteiger partial charge in [0.05, 0.1) is 11.5 Å². The first kappa shape index (κ1) is 12.8. The van der Waals surface area contributed by atoms with Crippen LogP contribution in [-0.4, -0.2) is 56.4 Å². The number of carbonyl (C=O) groups excluding carboxylic acids is 1. The first-order chi connectivity index (χ1) is 8.05. The Morgan fingerprint density at radius 2 is 2.00 bits per heavy atom. The monoisotopic (exact) mass is 260 g/mol. The van der Waals surface area contributed by atoms with Crippen LogP contribution in [0.1, 0.15) is 25.7 Å². The van der Waals surface area contributed by atoms with Gasteiger partial charge in [-0.05, 0) is 32.4 Å². The largest absolute Gasteiger partial charge is 0.352 e. The zero-order chi connectivity index (χ0) is 12.3. The minimum atomic E-state index is -2.90. The fraction of sp³-hybridized carbons (Fsp3) is 0.909. The van der Waals surface area contributed by atoms with E-state index in [2.05, 4.69) is 10.2 Å². The van der Waals surface area contributed by atoms with Crippen LogP contribution in [0.4, 0.5) is 0 Å². The first-order valence-electron chi connectivity index (χ1n) is 6.27. The molecule has 5 nitrogen and oxygen atoms in total. The van der Waals surface area contributed by atoms with Gasteiger partial charge in [0, 0.05) is 19.0 Å². The molecule has 0 saturated carbocycles. The van der Waals surface area contributed by atoms with Crippen molar-refractivity contribution in [2.75, 3.05) is 31.1 Å². The number of nitrogens with one attached hydrogen (secondary N) is 1. The van der Waals surface area contributed by atoms with Crippen LogP contribution in [0.3, 0.4) is 0 Å². The van der Waals surface area contributed by atoms with E-state index in [0.29, 0.717) is 12.8 Å². The molecule has 2 aliphatic rings. The molecule has 1 N–H and O–H groups in total. The predicted octanol–water partition coefficient (Wildman–Crippen LogP) is -0.224. The van der Waals surface area contributed by atoms with Gasteiger partial charge >= 0.3 is 0 Å². The van der Waals surface area contributed by atoms with Crippen molar-refractivity contribution < 1.29 is 13.2 Å². The summed E-state index contributed by atoms with van der Waals surface area (Å²) in [5.41, 5.74) is 0. The standard InChI is InChI=1S/C11H20N2O3S/c14-11(3-7-13-5-1-2-6-13)12-10-4-8-17(15,16)9-10/h10H,1-9H2,(H,12,14). The first-order valence-corrected chi connectivity index (χ1v) is 8.09. The number of rotatable bonds is 4. The van der Waals surface area contributed by atoms with Crippen molar-refractivity contribution in [3.63, 3.8) is 0 Å². The van der Waals surface area contributed by atoms with Crippen molar-refractivity contribution in [2.24, 2.45) is 0 Å². The van der Waals surface area contributed by atoms with E-state index < -0.39 is 9.84 Å². The minimum absolute atomic E-state index is 0.0148. The van der Waals surface area contributed by atoms with Crippen molar-refractivity contribution in [3.05, 3.63) is 0 Å². The third-order valence-electron chi connectivity index (χ3n) is 3.45. The number of carbonyl (C=O) groups is 1. The molecular formula is C11H20N2O3S. The van der Waals surface area contributed by atoms with Gasteiger partial charge in [0.2, 0.25) is 5.91 Å². The van der Waals surface area contributed by atoms with Gasteiger partial charge in [0.15, 0.2) is 9.84 Å². The van der Waals surface area contributed by atoms with Gasteiger partial charge in [-0.15, -0.1) is 0 Å². The van der Waals surface area contributed by atoms with E-state index in [1.807, 2.05) is 0 Å². The molecule has 17 heavy (non-hydrogen) atoms. The molecule has 2 rings (SSSR count). The van der Waals surface area contributed by atoms with E-state index in [1.165, 1.54) is 12.8 Å². The fourth-order valence-corrected chi connectivity index (χ4v) is 4.15. The van der Waals surface area contributed by atoms with Crippen LogP contribution in [-0.2, 0) is 14.6 Å². The molecule has 0 radical (unpaired) electrons. The molecule has 0 bridgehead atoms. The number of amides is 1. The predicted molar refractivity (Wildman–Crippen MR) is 65.5 cm³/mol. The van der Waals surface area contributed by atoms with Gasteiger partial charge < -0.3 is 10.2 Å². The molecule has 2 saturated heterocycles. The zero-order valence-corrected chi connectivity index (χ0v) is 10.8. The number of sulfone groups is 1. The molecule has 0 aromatic rings. The highest BCUT2D eigenvalue weighted by atomic mass is 32.2. The Hall–Kier alpha value is -0.620. The normalized spacial score (nSPS) is 28.4. The Bertz CT molecular complexity index is 374. The number of nitrogens with zero attached hydrogens (tertiary/aromatic N) is 1. The molecule has 0 aliphatic carbocycles. The topological polar surface area (TPSA) is 66.5 Å². The number of hydrogen-bond acceptors (Lipinski definition) is 4.